The second kappa shape index (κ2) is 12.3. The molecule has 254 valence electrons. The predicted octanol–water partition coefficient (Wildman–Crippen LogP) is 8.33. The molecule has 0 saturated carbocycles. The van der Waals surface area contributed by atoms with Crippen LogP contribution in [0.25, 0.3) is 12.2 Å². The molecule has 0 spiro atoms. The van der Waals surface area contributed by atoms with E-state index in [1.54, 1.807) is 103 Å². The fourth-order valence-corrected chi connectivity index (χ4v) is 7.23. The molecule has 0 unspecified atom stereocenters. The molecular weight excluding hydrogens is 648 g/mol. The highest BCUT2D eigenvalue weighted by Crippen LogP contribution is 2.58. The van der Waals surface area contributed by atoms with Crippen LogP contribution in [-0.4, -0.2) is 35.7 Å². The van der Waals surface area contributed by atoms with Crippen molar-refractivity contribution in [3.63, 3.8) is 0 Å². The number of hydrogen-bond donors (Lipinski definition) is 7. The summed E-state index contributed by atoms with van der Waals surface area (Å²) in [6.45, 7) is 0. The molecule has 9 nitrogen and oxygen atoms in total. The third-order valence-corrected chi connectivity index (χ3v) is 9.46. The highest BCUT2D eigenvalue weighted by atomic mass is 16.5. The highest BCUT2D eigenvalue weighted by molar-refractivity contribution is 5.76. The Kier molecular flexibility index (Phi) is 7.60. The molecule has 2 heterocycles. The van der Waals surface area contributed by atoms with E-state index in [9.17, 15) is 35.7 Å². The van der Waals surface area contributed by atoms with Crippen molar-refractivity contribution >= 4 is 12.2 Å². The maximum atomic E-state index is 11.7. The van der Waals surface area contributed by atoms with Gasteiger partial charge in [0.25, 0.3) is 0 Å². The quantitative estimate of drug-likeness (QED) is 0.0858. The molecule has 0 aromatic heterocycles. The standard InChI is InChI=1S/C42H32O9/c43-28-9-2-22(3-10-28)1-4-25-15-33(48)21-36-38(25)39(41(50-36)24-7-13-30(45)14-8-24)27-18-34-37(26-16-31(46)20-32(47)17-26)40(51-42(34)35(49)19-27)23-5-11-29(44)12-6-23/h1-21,37,39-41,43-49H/t37-,39+,40+,41-/m1/s1. The van der Waals surface area contributed by atoms with Gasteiger partial charge in [0.1, 0.15) is 52.5 Å². The van der Waals surface area contributed by atoms with Crippen LogP contribution in [0.15, 0.2) is 115 Å². The SMILES string of the molecule is Oc1ccc(C=Cc2cc(O)cc3c2[C@H](c2cc(O)c4c(c2)[C@@H](c2cc(O)cc(O)c2)[C@H](c2ccc(O)cc2)O4)[C@@H](c2ccc(O)cc2)O3)cc1. The van der Waals surface area contributed by atoms with Crippen LogP contribution in [0.5, 0.6) is 51.7 Å². The van der Waals surface area contributed by atoms with Gasteiger partial charge in [0.05, 0.1) is 11.8 Å². The first kappa shape index (κ1) is 31.5. The zero-order valence-electron chi connectivity index (χ0n) is 26.9. The van der Waals surface area contributed by atoms with E-state index in [0.717, 1.165) is 16.7 Å². The van der Waals surface area contributed by atoms with Crippen molar-refractivity contribution in [2.75, 3.05) is 0 Å². The normalized spacial score (nSPS) is 19.0. The van der Waals surface area contributed by atoms with Gasteiger partial charge in [-0.1, -0.05) is 54.6 Å². The van der Waals surface area contributed by atoms with Gasteiger partial charge in [-0.15, -0.1) is 0 Å². The van der Waals surface area contributed by atoms with Gasteiger partial charge in [0.2, 0.25) is 0 Å². The molecular formula is C42H32O9. The minimum Gasteiger partial charge on any atom is -0.508 e. The molecule has 51 heavy (non-hydrogen) atoms. The average molecular weight is 681 g/mol. The summed E-state index contributed by atoms with van der Waals surface area (Å²) in [5.41, 5.74) is 5.49. The number of hydrogen-bond acceptors (Lipinski definition) is 9. The Balaban J connectivity index is 1.32. The van der Waals surface area contributed by atoms with Crippen LogP contribution in [0.4, 0.5) is 0 Å². The summed E-state index contributed by atoms with van der Waals surface area (Å²) in [6, 6.07) is 31.0. The maximum absolute atomic E-state index is 11.7. The Hall–Kier alpha value is -6.74. The largest absolute Gasteiger partial charge is 0.508 e. The number of aromatic hydroxyl groups is 7. The van der Waals surface area contributed by atoms with Crippen molar-refractivity contribution in [3.8, 4) is 51.7 Å². The zero-order chi connectivity index (χ0) is 35.4. The number of rotatable bonds is 6. The highest BCUT2D eigenvalue weighted by Gasteiger charge is 2.43. The lowest BCUT2D eigenvalue weighted by Gasteiger charge is -2.23. The van der Waals surface area contributed by atoms with Crippen LogP contribution in [-0.2, 0) is 0 Å². The first-order valence-electron chi connectivity index (χ1n) is 16.3. The second-order valence-electron chi connectivity index (χ2n) is 12.8. The monoisotopic (exact) mass is 680 g/mol. The molecule has 0 radical (unpaired) electrons. The molecule has 4 atom stereocenters. The second-order valence-corrected chi connectivity index (χ2v) is 12.8. The third-order valence-electron chi connectivity index (χ3n) is 9.46. The van der Waals surface area contributed by atoms with Crippen molar-refractivity contribution in [2.45, 2.75) is 24.0 Å². The van der Waals surface area contributed by atoms with Crippen molar-refractivity contribution in [2.24, 2.45) is 0 Å². The van der Waals surface area contributed by atoms with Gasteiger partial charge < -0.3 is 45.2 Å². The molecule has 0 saturated heterocycles. The maximum Gasteiger partial charge on any atom is 0.165 e. The summed E-state index contributed by atoms with van der Waals surface area (Å²) in [5.74, 6) is -0.564. The first-order valence-corrected chi connectivity index (χ1v) is 16.3. The van der Waals surface area contributed by atoms with Gasteiger partial charge >= 0.3 is 0 Å². The first-order chi connectivity index (χ1) is 24.6. The lowest BCUT2D eigenvalue weighted by Crippen LogP contribution is -2.13. The third kappa shape index (κ3) is 5.84. The van der Waals surface area contributed by atoms with E-state index in [1.807, 2.05) is 18.2 Å². The van der Waals surface area contributed by atoms with Crippen LogP contribution in [0, 0.1) is 0 Å². The van der Waals surface area contributed by atoms with Crippen molar-refractivity contribution in [1.29, 1.82) is 0 Å². The molecule has 0 fully saturated rings. The summed E-state index contributed by atoms with van der Waals surface area (Å²) < 4.78 is 13.0. The van der Waals surface area contributed by atoms with E-state index in [-0.39, 0.29) is 46.0 Å². The average Bonchev–Trinajstić information content (AvgIpc) is 3.68. The summed E-state index contributed by atoms with van der Waals surface area (Å²) >= 11 is 0. The van der Waals surface area contributed by atoms with E-state index < -0.39 is 24.0 Å². The Bertz CT molecular complexity index is 2270. The van der Waals surface area contributed by atoms with Crippen LogP contribution >= 0.6 is 0 Å². The van der Waals surface area contributed by atoms with Gasteiger partial charge in [0, 0.05) is 23.3 Å². The summed E-state index contributed by atoms with van der Waals surface area (Å²) in [5, 5.41) is 73.3. The Morgan fingerprint density at radius 2 is 0.961 bits per heavy atom. The molecule has 0 aliphatic carbocycles. The summed E-state index contributed by atoms with van der Waals surface area (Å²) in [7, 11) is 0. The van der Waals surface area contributed by atoms with E-state index >= 15 is 0 Å². The number of ether oxygens (including phenoxy) is 2. The molecule has 0 bridgehead atoms. The molecule has 6 aromatic rings. The van der Waals surface area contributed by atoms with Crippen molar-refractivity contribution in [3.05, 3.63) is 160 Å². The number of phenolic OH excluding ortho intramolecular Hbond substituents is 7. The number of fused-ring (bicyclic) bond motifs is 2. The smallest absolute Gasteiger partial charge is 0.165 e. The van der Waals surface area contributed by atoms with Crippen LogP contribution in [0.1, 0.15) is 68.6 Å². The van der Waals surface area contributed by atoms with E-state index in [0.29, 0.717) is 33.6 Å². The molecule has 6 aromatic carbocycles. The van der Waals surface area contributed by atoms with Gasteiger partial charge in [-0.05, 0) is 94.0 Å². The molecule has 2 aliphatic rings. The van der Waals surface area contributed by atoms with Gasteiger partial charge in [-0.3, -0.25) is 0 Å². The molecule has 0 amide bonds. The van der Waals surface area contributed by atoms with Crippen molar-refractivity contribution < 1.29 is 45.2 Å². The van der Waals surface area contributed by atoms with Crippen molar-refractivity contribution in [1.82, 2.24) is 0 Å². The van der Waals surface area contributed by atoms with Gasteiger partial charge in [-0.25, -0.2) is 0 Å². The van der Waals surface area contributed by atoms with Crippen LogP contribution < -0.4 is 9.47 Å². The Morgan fingerprint density at radius 3 is 1.57 bits per heavy atom. The molecule has 8 rings (SSSR count). The van der Waals surface area contributed by atoms with Gasteiger partial charge in [-0.2, -0.15) is 0 Å². The summed E-state index contributed by atoms with van der Waals surface area (Å²) in [6.07, 6.45) is 2.39. The molecule has 9 heteroatoms. The van der Waals surface area contributed by atoms with Crippen LogP contribution in [0.3, 0.4) is 0 Å². The molecule has 7 N–H and O–H groups in total. The predicted molar refractivity (Wildman–Crippen MR) is 190 cm³/mol. The lowest BCUT2D eigenvalue weighted by atomic mass is 9.79. The number of benzene rings is 6. The minimum atomic E-state index is -0.691. The van der Waals surface area contributed by atoms with E-state index in [2.05, 4.69) is 0 Å². The topological polar surface area (TPSA) is 160 Å². The molecule has 2 aliphatic heterocycles. The fourth-order valence-electron chi connectivity index (χ4n) is 7.23. The zero-order valence-corrected chi connectivity index (χ0v) is 26.9. The van der Waals surface area contributed by atoms with Gasteiger partial charge in [0.15, 0.2) is 11.5 Å². The minimum absolute atomic E-state index is 0.00471. The lowest BCUT2D eigenvalue weighted by molar-refractivity contribution is 0.214. The van der Waals surface area contributed by atoms with Crippen LogP contribution in [0.2, 0.25) is 0 Å². The Morgan fingerprint density at radius 1 is 0.431 bits per heavy atom. The number of phenols is 7. The van der Waals surface area contributed by atoms with E-state index in [1.165, 1.54) is 6.07 Å². The van der Waals surface area contributed by atoms with E-state index in [4.69, 9.17) is 9.47 Å². The summed E-state index contributed by atoms with van der Waals surface area (Å²) in [4.78, 5) is 0. The Labute approximate surface area is 292 Å². The fraction of sp³-hybridized carbons (Fsp3) is 0.0952.